The van der Waals surface area contributed by atoms with Crippen LogP contribution >= 0.6 is 0 Å². The molecule has 6 nitrogen and oxygen atoms in total. The lowest BCUT2D eigenvalue weighted by atomic mass is 10.2. The molecular formula is C14H18N3O3+. The van der Waals surface area contributed by atoms with Gasteiger partial charge in [-0.2, -0.15) is 0 Å². The number of rotatable bonds is 2. The summed E-state index contributed by atoms with van der Waals surface area (Å²) in [6.45, 7) is 3.57. The van der Waals surface area contributed by atoms with E-state index in [1.54, 1.807) is 4.90 Å². The highest BCUT2D eigenvalue weighted by Crippen LogP contribution is 2.28. The number of nitrogens with one attached hydrogen (secondary N) is 2. The lowest BCUT2D eigenvalue weighted by Crippen LogP contribution is -3.15. The Bertz CT molecular complexity index is 526. The monoisotopic (exact) mass is 276 g/mol. The first-order valence-corrected chi connectivity index (χ1v) is 6.84. The zero-order chi connectivity index (χ0) is 13.9. The highest BCUT2D eigenvalue weighted by Gasteiger charge is 2.29. The first-order chi connectivity index (χ1) is 9.74. The van der Waals surface area contributed by atoms with E-state index in [1.807, 2.05) is 24.3 Å². The molecule has 0 spiro atoms. The highest BCUT2D eigenvalue weighted by atomic mass is 16.5. The maximum Gasteiger partial charge on any atom is 0.282 e. The Morgan fingerprint density at radius 2 is 2.05 bits per heavy atom. The van der Waals surface area contributed by atoms with Crippen molar-refractivity contribution in [1.29, 1.82) is 0 Å². The molecule has 1 saturated heterocycles. The number of carbonyl (C=O) groups excluding carboxylic acids is 2. The summed E-state index contributed by atoms with van der Waals surface area (Å²) in [7, 11) is 0. The van der Waals surface area contributed by atoms with E-state index in [2.05, 4.69) is 5.32 Å². The second-order valence-electron chi connectivity index (χ2n) is 5.08. The largest absolute Gasteiger partial charge is 0.370 e. The average molecular weight is 276 g/mol. The van der Waals surface area contributed by atoms with Crippen molar-refractivity contribution in [3.05, 3.63) is 24.3 Å². The topological polar surface area (TPSA) is 63.1 Å². The van der Waals surface area contributed by atoms with Crippen molar-refractivity contribution in [2.24, 2.45) is 0 Å². The fourth-order valence-corrected chi connectivity index (χ4v) is 2.60. The summed E-state index contributed by atoms with van der Waals surface area (Å²) in [5, 5.41) is 2.79. The van der Waals surface area contributed by atoms with Crippen LogP contribution < -0.4 is 15.1 Å². The van der Waals surface area contributed by atoms with Gasteiger partial charge in [0.1, 0.15) is 19.6 Å². The minimum Gasteiger partial charge on any atom is -0.370 e. The van der Waals surface area contributed by atoms with Gasteiger partial charge in [0.15, 0.2) is 6.54 Å². The molecule has 20 heavy (non-hydrogen) atoms. The molecule has 0 bridgehead atoms. The minimum atomic E-state index is -0.144. The zero-order valence-electron chi connectivity index (χ0n) is 11.2. The van der Waals surface area contributed by atoms with Crippen molar-refractivity contribution in [3.63, 3.8) is 0 Å². The molecule has 0 radical (unpaired) electrons. The van der Waals surface area contributed by atoms with Crippen molar-refractivity contribution in [2.75, 3.05) is 49.6 Å². The summed E-state index contributed by atoms with van der Waals surface area (Å²) in [4.78, 5) is 27.0. The number of fused-ring (bicyclic) bond motifs is 1. The number of amides is 2. The van der Waals surface area contributed by atoms with E-state index in [4.69, 9.17) is 4.74 Å². The predicted octanol–water partition coefficient (Wildman–Crippen LogP) is -1.11. The van der Waals surface area contributed by atoms with Gasteiger partial charge in [-0.3, -0.25) is 14.5 Å². The third kappa shape index (κ3) is 2.66. The van der Waals surface area contributed by atoms with Gasteiger partial charge in [-0.25, -0.2) is 0 Å². The summed E-state index contributed by atoms with van der Waals surface area (Å²) in [5.74, 6) is -0.154. The minimum absolute atomic E-state index is 0.01000. The van der Waals surface area contributed by atoms with Gasteiger partial charge in [0.2, 0.25) is 5.91 Å². The Balaban J connectivity index is 1.75. The van der Waals surface area contributed by atoms with Crippen LogP contribution in [0.5, 0.6) is 0 Å². The van der Waals surface area contributed by atoms with Crippen LogP contribution in [0.2, 0.25) is 0 Å². The van der Waals surface area contributed by atoms with Crippen LogP contribution in [0, 0.1) is 0 Å². The van der Waals surface area contributed by atoms with Crippen LogP contribution in [-0.2, 0) is 14.3 Å². The van der Waals surface area contributed by atoms with E-state index < -0.39 is 0 Å². The zero-order valence-corrected chi connectivity index (χ0v) is 11.2. The van der Waals surface area contributed by atoms with E-state index >= 15 is 0 Å². The number of nitrogens with zero attached hydrogens (tertiary/aromatic N) is 1. The number of anilines is 2. The summed E-state index contributed by atoms with van der Waals surface area (Å²) >= 11 is 0. The standard InChI is InChI=1S/C14H17N3O3/c18-13-9-17(12-4-2-1-3-11(12)15-13)14(19)10-16-5-7-20-8-6-16/h1-4H,5-10H2,(H,15,18)/p+1. The molecule has 1 aromatic carbocycles. The fourth-order valence-electron chi connectivity index (χ4n) is 2.60. The maximum atomic E-state index is 12.5. The van der Waals surface area contributed by atoms with Crippen molar-refractivity contribution >= 4 is 23.2 Å². The molecule has 0 atom stereocenters. The van der Waals surface area contributed by atoms with Crippen molar-refractivity contribution in [1.82, 2.24) is 0 Å². The Morgan fingerprint density at radius 3 is 2.85 bits per heavy atom. The summed E-state index contributed by atoms with van der Waals surface area (Å²) in [5.41, 5.74) is 1.49. The van der Waals surface area contributed by atoms with Gasteiger partial charge >= 0.3 is 0 Å². The molecule has 0 aromatic heterocycles. The lowest BCUT2D eigenvalue weighted by Gasteiger charge is -2.31. The Labute approximate surface area is 117 Å². The second-order valence-corrected chi connectivity index (χ2v) is 5.08. The van der Waals surface area contributed by atoms with Crippen molar-refractivity contribution < 1.29 is 19.2 Å². The number of hydrogen-bond donors (Lipinski definition) is 2. The van der Waals surface area contributed by atoms with Gasteiger partial charge in [0.25, 0.3) is 5.91 Å². The van der Waals surface area contributed by atoms with E-state index in [0.29, 0.717) is 25.4 Å². The van der Waals surface area contributed by atoms with Gasteiger partial charge in [0, 0.05) is 0 Å². The third-order valence-corrected chi connectivity index (χ3v) is 3.67. The molecule has 6 heteroatoms. The molecule has 2 heterocycles. The quantitative estimate of drug-likeness (QED) is 0.720. The van der Waals surface area contributed by atoms with E-state index in [9.17, 15) is 9.59 Å². The second kappa shape index (κ2) is 5.60. The molecule has 2 aliphatic heterocycles. The average Bonchev–Trinajstić information content (AvgIpc) is 2.47. The Morgan fingerprint density at radius 1 is 1.30 bits per heavy atom. The van der Waals surface area contributed by atoms with Crippen LogP contribution in [-0.4, -0.2) is 51.2 Å². The van der Waals surface area contributed by atoms with Gasteiger partial charge in [-0.1, -0.05) is 12.1 Å². The smallest absolute Gasteiger partial charge is 0.282 e. The molecule has 2 N–H and O–H groups in total. The number of morpholine rings is 1. The number of benzene rings is 1. The number of ether oxygens (including phenoxy) is 1. The van der Waals surface area contributed by atoms with Crippen molar-refractivity contribution in [3.8, 4) is 0 Å². The molecule has 1 aromatic rings. The molecule has 2 amide bonds. The van der Waals surface area contributed by atoms with Crippen LogP contribution in [0.3, 0.4) is 0 Å². The van der Waals surface area contributed by atoms with E-state index in [-0.39, 0.29) is 18.4 Å². The molecule has 2 aliphatic rings. The normalized spacial score (nSPS) is 19.4. The first kappa shape index (κ1) is 13.1. The van der Waals surface area contributed by atoms with Gasteiger partial charge in [-0.15, -0.1) is 0 Å². The number of para-hydroxylation sites is 2. The lowest BCUT2D eigenvalue weighted by molar-refractivity contribution is -0.900. The van der Waals surface area contributed by atoms with Crippen LogP contribution in [0.15, 0.2) is 24.3 Å². The van der Waals surface area contributed by atoms with Gasteiger partial charge in [0.05, 0.1) is 24.6 Å². The molecule has 0 saturated carbocycles. The fraction of sp³-hybridized carbons (Fsp3) is 0.429. The highest BCUT2D eigenvalue weighted by molar-refractivity contribution is 6.10. The van der Waals surface area contributed by atoms with Crippen LogP contribution in [0.4, 0.5) is 11.4 Å². The summed E-state index contributed by atoms with van der Waals surface area (Å²) in [6.07, 6.45) is 0. The van der Waals surface area contributed by atoms with Crippen LogP contribution in [0.1, 0.15) is 0 Å². The molecular weight excluding hydrogens is 258 g/mol. The van der Waals surface area contributed by atoms with Crippen LogP contribution in [0.25, 0.3) is 0 Å². The number of hydrogen-bond acceptors (Lipinski definition) is 3. The van der Waals surface area contributed by atoms with E-state index in [0.717, 1.165) is 18.8 Å². The molecule has 3 rings (SSSR count). The SMILES string of the molecule is O=C1CN(C(=O)C[NH+]2CCOCC2)c2ccccc2N1. The third-order valence-electron chi connectivity index (χ3n) is 3.67. The molecule has 0 unspecified atom stereocenters. The maximum absolute atomic E-state index is 12.5. The predicted molar refractivity (Wildman–Crippen MR) is 73.8 cm³/mol. The molecule has 1 fully saturated rings. The van der Waals surface area contributed by atoms with E-state index in [1.165, 1.54) is 4.90 Å². The summed E-state index contributed by atoms with van der Waals surface area (Å²) < 4.78 is 5.29. The Hall–Kier alpha value is -1.92. The number of quaternary nitrogens is 1. The molecule has 106 valence electrons. The van der Waals surface area contributed by atoms with Crippen molar-refractivity contribution in [2.45, 2.75) is 0 Å². The first-order valence-electron chi connectivity index (χ1n) is 6.84. The number of carbonyl (C=O) groups is 2. The van der Waals surface area contributed by atoms with Gasteiger partial charge in [-0.05, 0) is 12.1 Å². The Kier molecular flexibility index (Phi) is 3.66. The van der Waals surface area contributed by atoms with Gasteiger partial charge < -0.3 is 15.0 Å². The molecule has 0 aliphatic carbocycles. The summed E-state index contributed by atoms with van der Waals surface area (Å²) in [6, 6.07) is 7.40.